The summed E-state index contributed by atoms with van der Waals surface area (Å²) in [4.78, 5) is 21.4. The third-order valence-electron chi connectivity index (χ3n) is 4.27. The average Bonchev–Trinajstić information content (AvgIpc) is 3.15. The molecular weight excluding hydrogens is 339 g/mol. The number of hydrogen-bond donors (Lipinski definition) is 0. The average molecular weight is 357 g/mol. The van der Waals surface area contributed by atoms with Gasteiger partial charge in [-0.05, 0) is 38.7 Å². The molecule has 0 unspecified atom stereocenters. The zero-order chi connectivity index (χ0) is 18.2. The molecule has 2 aromatic heterocycles. The molecule has 0 aliphatic heterocycles. The first-order chi connectivity index (χ1) is 11.8. The Balaban J connectivity index is 1.92. The van der Waals surface area contributed by atoms with Crippen molar-refractivity contribution in [2.75, 3.05) is 19.7 Å². The molecule has 0 saturated carbocycles. The van der Waals surface area contributed by atoms with E-state index >= 15 is 0 Å². The summed E-state index contributed by atoms with van der Waals surface area (Å²) in [7, 11) is 0. The Kier molecular flexibility index (Phi) is 4.57. The molecule has 0 bridgehead atoms. The summed E-state index contributed by atoms with van der Waals surface area (Å²) < 4.78 is 50.8. The Labute approximate surface area is 142 Å². The molecule has 1 aliphatic rings. The molecular formula is C16H18F3N3O3. The monoisotopic (exact) mass is 357 g/mol. The highest BCUT2D eigenvalue weighted by Crippen LogP contribution is 2.41. The predicted molar refractivity (Wildman–Crippen MR) is 82.3 cm³/mol. The van der Waals surface area contributed by atoms with Gasteiger partial charge in [0, 0.05) is 18.8 Å². The van der Waals surface area contributed by atoms with Crippen LogP contribution in [-0.2, 0) is 23.8 Å². The number of rotatable bonds is 5. The lowest BCUT2D eigenvalue weighted by atomic mass is 10.1. The van der Waals surface area contributed by atoms with Crippen molar-refractivity contribution in [2.24, 2.45) is 0 Å². The number of aromatic nitrogens is 2. The van der Waals surface area contributed by atoms with Gasteiger partial charge in [0.1, 0.15) is 5.52 Å². The van der Waals surface area contributed by atoms with Crippen molar-refractivity contribution < 1.29 is 27.1 Å². The van der Waals surface area contributed by atoms with Crippen LogP contribution in [0.5, 0.6) is 6.08 Å². The highest BCUT2D eigenvalue weighted by Gasteiger charge is 2.40. The number of carbonyl (C=O) groups is 1. The first kappa shape index (κ1) is 17.5. The molecule has 2 heterocycles. The SMILES string of the molecule is CCN(CC)C(=O)COc1nc2c(C(F)(F)F)c3c(nc2o1)CCC3. The van der Waals surface area contributed by atoms with Crippen LogP contribution in [0.4, 0.5) is 13.2 Å². The lowest BCUT2D eigenvalue weighted by Gasteiger charge is -2.17. The number of nitrogens with zero attached hydrogens (tertiary/aromatic N) is 3. The van der Waals surface area contributed by atoms with Crippen molar-refractivity contribution in [3.63, 3.8) is 0 Å². The van der Waals surface area contributed by atoms with E-state index in [9.17, 15) is 18.0 Å². The number of ether oxygens (including phenoxy) is 1. The van der Waals surface area contributed by atoms with Gasteiger partial charge in [-0.25, -0.2) is 4.98 Å². The van der Waals surface area contributed by atoms with Gasteiger partial charge >= 0.3 is 12.3 Å². The number of likely N-dealkylation sites (N-methyl/N-ethyl adjacent to an activating group) is 1. The third kappa shape index (κ3) is 3.27. The second-order valence-corrected chi connectivity index (χ2v) is 5.75. The van der Waals surface area contributed by atoms with E-state index in [-0.39, 0.29) is 35.4 Å². The minimum Gasteiger partial charge on any atom is -0.440 e. The molecule has 0 atom stereocenters. The van der Waals surface area contributed by atoms with Crippen LogP contribution < -0.4 is 4.74 Å². The largest absolute Gasteiger partial charge is 0.440 e. The Hall–Kier alpha value is -2.32. The normalized spacial score (nSPS) is 14.0. The maximum Gasteiger partial charge on any atom is 0.419 e. The fourth-order valence-corrected chi connectivity index (χ4v) is 3.08. The summed E-state index contributed by atoms with van der Waals surface area (Å²) in [5, 5.41) is 0. The summed E-state index contributed by atoms with van der Waals surface area (Å²) in [5.74, 6) is -0.293. The number of fused-ring (bicyclic) bond motifs is 2. The second kappa shape index (κ2) is 6.53. The zero-order valence-electron chi connectivity index (χ0n) is 13.9. The van der Waals surface area contributed by atoms with Crippen molar-refractivity contribution in [3.8, 4) is 6.08 Å². The third-order valence-corrected chi connectivity index (χ3v) is 4.27. The Morgan fingerprint density at radius 1 is 1.24 bits per heavy atom. The van der Waals surface area contributed by atoms with E-state index in [0.717, 1.165) is 0 Å². The Morgan fingerprint density at radius 2 is 1.96 bits per heavy atom. The maximum atomic E-state index is 13.5. The lowest BCUT2D eigenvalue weighted by Crippen LogP contribution is -2.34. The van der Waals surface area contributed by atoms with Gasteiger partial charge in [0.15, 0.2) is 6.61 Å². The molecule has 2 aromatic rings. The van der Waals surface area contributed by atoms with Crippen LogP contribution in [0.25, 0.3) is 11.2 Å². The first-order valence-corrected chi connectivity index (χ1v) is 8.15. The van der Waals surface area contributed by atoms with Gasteiger partial charge in [0.05, 0.1) is 5.56 Å². The smallest absolute Gasteiger partial charge is 0.419 e. The van der Waals surface area contributed by atoms with Crippen LogP contribution in [0.2, 0.25) is 0 Å². The predicted octanol–water partition coefficient (Wildman–Crippen LogP) is 2.98. The van der Waals surface area contributed by atoms with Crippen molar-refractivity contribution in [2.45, 2.75) is 39.3 Å². The van der Waals surface area contributed by atoms with Crippen molar-refractivity contribution in [3.05, 3.63) is 16.8 Å². The van der Waals surface area contributed by atoms with Crippen LogP contribution in [-0.4, -0.2) is 40.5 Å². The molecule has 3 rings (SSSR count). The molecule has 9 heteroatoms. The molecule has 0 N–H and O–H groups in total. The standard InChI is InChI=1S/C16H18F3N3O3/c1-3-22(4-2)11(23)8-24-15-21-13-12(16(17,18)19)9-6-5-7-10(9)20-14(13)25-15/h3-8H2,1-2H3. The molecule has 1 aliphatic carbocycles. The van der Waals surface area contributed by atoms with E-state index in [0.29, 0.717) is 38.0 Å². The second-order valence-electron chi connectivity index (χ2n) is 5.75. The van der Waals surface area contributed by atoms with Gasteiger partial charge in [-0.2, -0.15) is 18.2 Å². The maximum absolute atomic E-state index is 13.5. The summed E-state index contributed by atoms with van der Waals surface area (Å²) in [6.45, 7) is 4.32. The molecule has 0 fully saturated rings. The molecule has 0 aromatic carbocycles. The van der Waals surface area contributed by atoms with Crippen LogP contribution in [0.1, 0.15) is 37.1 Å². The highest BCUT2D eigenvalue weighted by molar-refractivity contribution is 5.78. The highest BCUT2D eigenvalue weighted by atomic mass is 19.4. The van der Waals surface area contributed by atoms with E-state index in [1.165, 1.54) is 4.90 Å². The van der Waals surface area contributed by atoms with Crippen LogP contribution in [0.15, 0.2) is 4.42 Å². The van der Waals surface area contributed by atoms with E-state index in [4.69, 9.17) is 9.15 Å². The number of hydrogen-bond acceptors (Lipinski definition) is 5. The molecule has 0 spiro atoms. The van der Waals surface area contributed by atoms with E-state index in [1.807, 2.05) is 13.8 Å². The molecule has 0 saturated heterocycles. The number of oxazole rings is 1. The van der Waals surface area contributed by atoms with Gasteiger partial charge in [-0.1, -0.05) is 0 Å². The van der Waals surface area contributed by atoms with Gasteiger partial charge < -0.3 is 14.1 Å². The number of pyridine rings is 1. The fourth-order valence-electron chi connectivity index (χ4n) is 3.08. The molecule has 0 radical (unpaired) electrons. The quantitative estimate of drug-likeness (QED) is 0.823. The number of alkyl halides is 3. The Bertz CT molecular complexity index is 797. The summed E-state index contributed by atoms with van der Waals surface area (Å²) >= 11 is 0. The van der Waals surface area contributed by atoms with E-state index in [2.05, 4.69) is 9.97 Å². The van der Waals surface area contributed by atoms with Crippen LogP contribution in [0, 0.1) is 0 Å². The van der Waals surface area contributed by atoms with Crippen LogP contribution >= 0.6 is 0 Å². The number of amides is 1. The number of halogens is 3. The molecule has 6 nitrogen and oxygen atoms in total. The van der Waals surface area contributed by atoms with Crippen LogP contribution in [0.3, 0.4) is 0 Å². The molecule has 1 amide bonds. The summed E-state index contributed by atoms with van der Waals surface area (Å²) in [5.41, 5.74) is -0.809. The summed E-state index contributed by atoms with van der Waals surface area (Å²) in [6, 6.07) is 0. The molecule has 25 heavy (non-hydrogen) atoms. The molecule has 136 valence electrons. The van der Waals surface area contributed by atoms with Crippen molar-refractivity contribution in [1.82, 2.24) is 14.9 Å². The van der Waals surface area contributed by atoms with E-state index < -0.39 is 11.7 Å². The Morgan fingerprint density at radius 3 is 2.60 bits per heavy atom. The number of aryl methyl sites for hydroxylation is 1. The lowest BCUT2D eigenvalue weighted by molar-refractivity contribution is -0.137. The zero-order valence-corrected chi connectivity index (χ0v) is 13.9. The van der Waals surface area contributed by atoms with E-state index in [1.54, 1.807) is 0 Å². The minimum atomic E-state index is -4.55. The van der Waals surface area contributed by atoms with Gasteiger partial charge in [0.25, 0.3) is 11.6 Å². The topological polar surface area (TPSA) is 68.5 Å². The first-order valence-electron chi connectivity index (χ1n) is 8.15. The number of carbonyl (C=O) groups excluding carboxylic acids is 1. The van der Waals surface area contributed by atoms with Crippen molar-refractivity contribution >= 4 is 17.1 Å². The van der Waals surface area contributed by atoms with Crippen molar-refractivity contribution in [1.29, 1.82) is 0 Å². The van der Waals surface area contributed by atoms with Gasteiger partial charge in [-0.15, -0.1) is 0 Å². The summed E-state index contributed by atoms with van der Waals surface area (Å²) in [6.07, 6.45) is -3.51. The van der Waals surface area contributed by atoms with Gasteiger partial charge in [0.2, 0.25) is 0 Å². The fraction of sp³-hybridized carbons (Fsp3) is 0.562. The van der Waals surface area contributed by atoms with Gasteiger partial charge in [-0.3, -0.25) is 4.79 Å². The minimum absolute atomic E-state index is 0.180.